The summed E-state index contributed by atoms with van der Waals surface area (Å²) < 4.78 is 4.75. The van der Waals surface area contributed by atoms with Gasteiger partial charge in [0.1, 0.15) is 0 Å². The van der Waals surface area contributed by atoms with Crippen molar-refractivity contribution >= 4 is 11.9 Å². The summed E-state index contributed by atoms with van der Waals surface area (Å²) in [5, 5.41) is 2.70. The Kier molecular flexibility index (Phi) is 10.7. The van der Waals surface area contributed by atoms with E-state index in [-0.39, 0.29) is 18.3 Å². The zero-order valence-corrected chi connectivity index (χ0v) is 10.7. The van der Waals surface area contributed by atoms with Gasteiger partial charge < -0.3 is 15.8 Å². The average molecular weight is 244 g/mol. The molecule has 0 rings (SSSR count). The Morgan fingerprint density at radius 1 is 1.12 bits per heavy atom. The number of hydrogen-bond donors (Lipinski definition) is 2. The van der Waals surface area contributed by atoms with Crippen LogP contribution in [0.25, 0.3) is 0 Å². The summed E-state index contributed by atoms with van der Waals surface area (Å²) in [5.41, 5.74) is 5.37. The van der Waals surface area contributed by atoms with E-state index in [0.717, 1.165) is 25.7 Å². The highest BCUT2D eigenvalue weighted by atomic mass is 16.5. The number of hydrogen-bond acceptors (Lipinski definition) is 4. The molecule has 0 heterocycles. The van der Waals surface area contributed by atoms with Crippen LogP contribution in [0.15, 0.2) is 0 Å². The van der Waals surface area contributed by atoms with Crippen LogP contribution in [0.2, 0.25) is 0 Å². The number of ether oxygens (including phenoxy) is 1. The molecule has 5 heteroatoms. The van der Waals surface area contributed by atoms with Crippen LogP contribution < -0.4 is 11.1 Å². The smallest absolute Gasteiger partial charge is 0.307 e. The van der Waals surface area contributed by atoms with E-state index in [1.807, 2.05) is 0 Å². The fraction of sp³-hybridized carbons (Fsp3) is 0.833. The van der Waals surface area contributed by atoms with Crippen molar-refractivity contribution in [1.82, 2.24) is 5.32 Å². The number of unbranched alkanes of at least 4 members (excludes halogenated alkanes) is 3. The molecule has 0 aliphatic heterocycles. The topological polar surface area (TPSA) is 81.4 Å². The zero-order chi connectivity index (χ0) is 12.9. The van der Waals surface area contributed by atoms with E-state index in [2.05, 4.69) is 5.32 Å². The zero-order valence-electron chi connectivity index (χ0n) is 10.7. The summed E-state index contributed by atoms with van der Waals surface area (Å²) in [6.07, 6.45) is 4.77. The van der Waals surface area contributed by atoms with Crippen LogP contribution in [0.3, 0.4) is 0 Å². The summed E-state index contributed by atoms with van der Waals surface area (Å²) in [5.74, 6) is -0.266. The van der Waals surface area contributed by atoms with E-state index in [1.54, 1.807) is 6.92 Å². The van der Waals surface area contributed by atoms with Crippen molar-refractivity contribution in [2.24, 2.45) is 5.73 Å². The van der Waals surface area contributed by atoms with E-state index in [0.29, 0.717) is 26.1 Å². The first kappa shape index (κ1) is 15.9. The van der Waals surface area contributed by atoms with Gasteiger partial charge in [0.15, 0.2) is 0 Å². The molecule has 0 aliphatic rings. The molecular weight excluding hydrogens is 220 g/mol. The molecule has 0 spiro atoms. The summed E-state index contributed by atoms with van der Waals surface area (Å²) in [6, 6.07) is 0. The number of rotatable bonds is 10. The summed E-state index contributed by atoms with van der Waals surface area (Å²) in [7, 11) is 0. The number of nitrogens with one attached hydrogen (secondary N) is 1. The van der Waals surface area contributed by atoms with E-state index in [9.17, 15) is 9.59 Å². The van der Waals surface area contributed by atoms with Gasteiger partial charge >= 0.3 is 5.97 Å². The largest absolute Gasteiger partial charge is 0.466 e. The first-order valence-corrected chi connectivity index (χ1v) is 6.33. The van der Waals surface area contributed by atoms with Gasteiger partial charge in [-0.15, -0.1) is 0 Å². The molecule has 0 aliphatic carbocycles. The lowest BCUT2D eigenvalue weighted by Crippen LogP contribution is -2.26. The highest BCUT2D eigenvalue weighted by Crippen LogP contribution is 2.01. The van der Waals surface area contributed by atoms with Crippen molar-refractivity contribution in [3.63, 3.8) is 0 Å². The Balaban J connectivity index is 3.31. The van der Waals surface area contributed by atoms with Crippen LogP contribution in [0.4, 0.5) is 0 Å². The minimum atomic E-state index is -0.268. The molecule has 17 heavy (non-hydrogen) atoms. The number of carbonyl (C=O) groups excluding carboxylic acids is 2. The third-order valence-electron chi connectivity index (χ3n) is 2.31. The Morgan fingerprint density at radius 2 is 1.82 bits per heavy atom. The van der Waals surface area contributed by atoms with E-state index in [4.69, 9.17) is 10.5 Å². The van der Waals surface area contributed by atoms with Gasteiger partial charge in [0.05, 0.1) is 13.0 Å². The maximum Gasteiger partial charge on any atom is 0.307 e. The maximum absolute atomic E-state index is 11.3. The van der Waals surface area contributed by atoms with Gasteiger partial charge in [-0.05, 0) is 26.3 Å². The second kappa shape index (κ2) is 11.4. The molecule has 3 N–H and O–H groups in total. The van der Waals surface area contributed by atoms with Crippen LogP contribution in [0.1, 0.15) is 45.4 Å². The second-order valence-electron chi connectivity index (χ2n) is 3.86. The van der Waals surface area contributed by atoms with Crippen molar-refractivity contribution in [2.75, 3.05) is 19.7 Å². The van der Waals surface area contributed by atoms with E-state index >= 15 is 0 Å². The molecule has 0 aromatic heterocycles. The molecular formula is C12H24N2O3. The van der Waals surface area contributed by atoms with Crippen LogP contribution in [0.5, 0.6) is 0 Å². The normalized spacial score (nSPS) is 10.0. The Bertz CT molecular complexity index is 220. The number of amides is 1. The minimum Gasteiger partial charge on any atom is -0.466 e. The monoisotopic (exact) mass is 244 g/mol. The van der Waals surface area contributed by atoms with Crippen LogP contribution in [-0.4, -0.2) is 31.6 Å². The molecule has 0 radical (unpaired) electrons. The van der Waals surface area contributed by atoms with Gasteiger partial charge in [-0.1, -0.05) is 12.8 Å². The summed E-state index contributed by atoms with van der Waals surface area (Å²) >= 11 is 0. The Morgan fingerprint density at radius 3 is 2.47 bits per heavy atom. The number of esters is 1. The third kappa shape index (κ3) is 11.2. The van der Waals surface area contributed by atoms with Gasteiger partial charge in [-0.2, -0.15) is 0 Å². The van der Waals surface area contributed by atoms with Crippen molar-refractivity contribution in [3.8, 4) is 0 Å². The fourth-order valence-electron chi connectivity index (χ4n) is 1.41. The molecule has 100 valence electrons. The molecule has 0 atom stereocenters. The molecule has 0 aromatic carbocycles. The standard InChI is InChI=1S/C12H24N2O3/c1-2-17-12(16)8-10-14-11(15)7-5-3-4-6-9-13/h2-10,13H2,1H3,(H,14,15). The van der Waals surface area contributed by atoms with E-state index in [1.165, 1.54) is 0 Å². The van der Waals surface area contributed by atoms with Crippen molar-refractivity contribution in [1.29, 1.82) is 0 Å². The first-order valence-electron chi connectivity index (χ1n) is 6.33. The lowest BCUT2D eigenvalue weighted by molar-refractivity contribution is -0.143. The van der Waals surface area contributed by atoms with Crippen molar-refractivity contribution in [3.05, 3.63) is 0 Å². The molecule has 0 fully saturated rings. The molecule has 0 unspecified atom stereocenters. The molecule has 0 saturated heterocycles. The molecule has 1 amide bonds. The van der Waals surface area contributed by atoms with Gasteiger partial charge in [0.25, 0.3) is 0 Å². The number of nitrogens with two attached hydrogens (primary N) is 1. The Labute approximate surface area is 103 Å². The highest BCUT2D eigenvalue weighted by Gasteiger charge is 2.04. The van der Waals surface area contributed by atoms with Crippen LogP contribution >= 0.6 is 0 Å². The first-order chi connectivity index (χ1) is 8.20. The van der Waals surface area contributed by atoms with Crippen LogP contribution in [-0.2, 0) is 14.3 Å². The highest BCUT2D eigenvalue weighted by molar-refractivity contribution is 5.76. The number of carbonyl (C=O) groups is 2. The quantitative estimate of drug-likeness (QED) is 0.443. The predicted molar refractivity (Wildman–Crippen MR) is 66.4 cm³/mol. The summed E-state index contributed by atoms with van der Waals surface area (Å²) in [6.45, 7) is 3.22. The second-order valence-corrected chi connectivity index (χ2v) is 3.86. The fourth-order valence-corrected chi connectivity index (χ4v) is 1.41. The third-order valence-corrected chi connectivity index (χ3v) is 2.31. The van der Waals surface area contributed by atoms with Gasteiger partial charge in [0, 0.05) is 13.0 Å². The summed E-state index contributed by atoms with van der Waals surface area (Å²) in [4.78, 5) is 22.3. The maximum atomic E-state index is 11.3. The van der Waals surface area contributed by atoms with Gasteiger partial charge in [0.2, 0.25) is 5.91 Å². The Hall–Kier alpha value is -1.10. The average Bonchev–Trinajstić information content (AvgIpc) is 2.29. The van der Waals surface area contributed by atoms with Crippen molar-refractivity contribution in [2.45, 2.75) is 45.4 Å². The SMILES string of the molecule is CCOC(=O)CCNC(=O)CCCCCCN. The molecule has 0 saturated carbocycles. The predicted octanol–water partition coefficient (Wildman–Crippen LogP) is 0.965. The van der Waals surface area contributed by atoms with Crippen LogP contribution in [0, 0.1) is 0 Å². The minimum absolute atomic E-state index is 0.00190. The molecule has 0 aromatic rings. The lowest BCUT2D eigenvalue weighted by Gasteiger charge is -2.05. The van der Waals surface area contributed by atoms with Gasteiger partial charge in [-0.25, -0.2) is 0 Å². The van der Waals surface area contributed by atoms with Crippen molar-refractivity contribution < 1.29 is 14.3 Å². The van der Waals surface area contributed by atoms with E-state index < -0.39 is 0 Å². The molecule has 5 nitrogen and oxygen atoms in total. The van der Waals surface area contributed by atoms with Gasteiger partial charge in [-0.3, -0.25) is 9.59 Å². The lowest BCUT2D eigenvalue weighted by atomic mass is 10.1. The molecule has 0 bridgehead atoms.